The molecule has 12 nitrogen and oxygen atoms in total. The van der Waals surface area contributed by atoms with Crippen molar-refractivity contribution in [3.8, 4) is 0 Å². The molecule has 13 heavy (non-hydrogen) atoms. The molecule has 13 heteroatoms. The molecule has 12 N–H and O–H groups in total. The SMILES string of the molecule is O.O.O.O.O.O.O=N[O-].O=N[O-].[Mg+2]. The van der Waals surface area contributed by atoms with Gasteiger partial charge in [-0.15, -0.1) is 10.7 Å². The molecule has 0 amide bonds. The molecule has 0 aromatic carbocycles. The van der Waals surface area contributed by atoms with Crippen LogP contribution in [0.15, 0.2) is 10.7 Å². The minimum absolute atomic E-state index is 0. The van der Waals surface area contributed by atoms with Crippen LogP contribution in [-0.2, 0) is 0 Å². The van der Waals surface area contributed by atoms with Crippen LogP contribution in [0.1, 0.15) is 0 Å². The second kappa shape index (κ2) is 687. The van der Waals surface area contributed by atoms with Gasteiger partial charge in [0.15, 0.2) is 0 Å². The van der Waals surface area contributed by atoms with Gasteiger partial charge >= 0.3 is 23.1 Å². The van der Waals surface area contributed by atoms with Gasteiger partial charge in [0, 0.05) is 0 Å². The predicted molar refractivity (Wildman–Crippen MR) is 45.8 cm³/mol. The molecule has 0 aliphatic rings. The summed E-state index contributed by atoms with van der Waals surface area (Å²) in [6.07, 6.45) is 0. The molecule has 0 aromatic heterocycles. The van der Waals surface area contributed by atoms with E-state index in [0.29, 0.717) is 0 Å². The Kier molecular flexibility index (Phi) is 7550. The monoisotopic (exact) mass is 224 g/mol. The summed E-state index contributed by atoms with van der Waals surface area (Å²) in [4.78, 5) is 16.0. The van der Waals surface area contributed by atoms with Gasteiger partial charge in [0.05, 0.1) is 0 Å². The van der Waals surface area contributed by atoms with Crippen molar-refractivity contribution in [2.75, 3.05) is 0 Å². The number of hydrogen-bond acceptors (Lipinski definition) is 6. The van der Waals surface area contributed by atoms with Crippen LogP contribution in [0.2, 0.25) is 0 Å². The molecule has 0 aliphatic carbocycles. The van der Waals surface area contributed by atoms with Gasteiger partial charge in [-0.3, -0.25) is 0 Å². The summed E-state index contributed by atoms with van der Waals surface area (Å²) in [6, 6.07) is 0. The van der Waals surface area contributed by atoms with E-state index < -0.39 is 0 Å². The molecule has 0 saturated heterocycles. The summed E-state index contributed by atoms with van der Waals surface area (Å²) in [7, 11) is 0. The summed E-state index contributed by atoms with van der Waals surface area (Å²) >= 11 is 0. The molecule has 84 valence electrons. The van der Waals surface area contributed by atoms with Gasteiger partial charge in [-0.25, -0.2) is 0 Å². The molecule has 0 spiro atoms. The maximum absolute atomic E-state index is 8.00. The second-order valence-electron chi connectivity index (χ2n) is 0.149. The Bertz CT molecular complexity index is 33.9. The maximum atomic E-state index is 8.00. The van der Waals surface area contributed by atoms with E-state index in [-0.39, 0.29) is 55.9 Å². The first-order valence-electron chi connectivity index (χ1n) is 0.730. The Labute approximate surface area is 87.4 Å². The summed E-state index contributed by atoms with van der Waals surface area (Å²) in [5.41, 5.74) is 0. The van der Waals surface area contributed by atoms with Crippen molar-refractivity contribution in [2.24, 2.45) is 10.7 Å². The molecule has 0 saturated carbocycles. The summed E-state index contributed by atoms with van der Waals surface area (Å²) in [5.74, 6) is 0. The minimum atomic E-state index is 0. The largest absolute Gasteiger partial charge is 2.00 e. The molecule has 0 fully saturated rings. The van der Waals surface area contributed by atoms with Crippen molar-refractivity contribution < 1.29 is 32.9 Å². The van der Waals surface area contributed by atoms with Gasteiger partial charge in [0.25, 0.3) is 0 Å². The zero-order valence-corrected chi connectivity index (χ0v) is 7.65. The van der Waals surface area contributed by atoms with Gasteiger partial charge in [-0.05, 0) is 0 Å². The quantitative estimate of drug-likeness (QED) is 0.222. The van der Waals surface area contributed by atoms with Crippen LogP contribution in [0.3, 0.4) is 0 Å². The number of nitrogens with zero attached hydrogens (tertiary/aromatic N) is 2. The zero-order valence-electron chi connectivity index (χ0n) is 6.23. The average molecular weight is 224 g/mol. The third kappa shape index (κ3) is 2170. The molecule has 0 rings (SSSR count). The Morgan fingerprint density at radius 1 is 0.615 bits per heavy atom. The van der Waals surface area contributed by atoms with Crippen LogP contribution < -0.4 is 0 Å². The zero-order chi connectivity index (χ0) is 5.41. The topological polar surface area (TPSA) is 294 Å². The van der Waals surface area contributed by atoms with Crippen LogP contribution in [-0.4, -0.2) is 55.9 Å². The number of rotatable bonds is 0. The van der Waals surface area contributed by atoms with Gasteiger partial charge in [0.1, 0.15) is 0 Å². The Morgan fingerprint density at radius 3 is 0.615 bits per heavy atom. The summed E-state index contributed by atoms with van der Waals surface area (Å²) < 4.78 is 0. The van der Waals surface area contributed by atoms with E-state index in [0.717, 1.165) is 10.7 Å². The van der Waals surface area contributed by atoms with Crippen LogP contribution in [0.5, 0.6) is 0 Å². The van der Waals surface area contributed by atoms with E-state index in [2.05, 4.69) is 0 Å². The van der Waals surface area contributed by atoms with E-state index in [4.69, 9.17) is 20.2 Å². The molecule has 0 bridgehead atoms. The van der Waals surface area contributed by atoms with Crippen molar-refractivity contribution >= 4 is 23.1 Å². The Hall–Kier alpha value is -0.674. The van der Waals surface area contributed by atoms with Crippen LogP contribution in [0.25, 0.3) is 0 Å². The van der Waals surface area contributed by atoms with Crippen LogP contribution >= 0.6 is 0 Å². The fourth-order valence-corrected chi connectivity index (χ4v) is 0. The molecule has 0 radical (unpaired) electrons. The van der Waals surface area contributed by atoms with Crippen LogP contribution in [0, 0.1) is 20.2 Å². The fourth-order valence-electron chi connectivity index (χ4n) is 0. The third-order valence-corrected chi connectivity index (χ3v) is 0. The number of hydrogen-bond donors (Lipinski definition) is 0. The Balaban J connectivity index is -0.00000000229. The average Bonchev–Trinajstić information content (AvgIpc) is 1.39. The van der Waals surface area contributed by atoms with Gasteiger partial charge in [-0.1, -0.05) is 0 Å². The second-order valence-corrected chi connectivity index (χ2v) is 0.149. The maximum Gasteiger partial charge on any atom is 2.00 e. The summed E-state index contributed by atoms with van der Waals surface area (Å²) in [5, 5.41) is 18.0. The van der Waals surface area contributed by atoms with Gasteiger partial charge < -0.3 is 53.1 Å². The minimum Gasteiger partial charge on any atom is -0.444 e. The van der Waals surface area contributed by atoms with E-state index in [1.807, 2.05) is 0 Å². The first-order chi connectivity index (χ1) is 2.83. The standard InChI is InChI=1S/Mg.2HNO2.6H2O/c;2*2-1-3;;;;;;/h;2*(H,2,3);6*1H2/q+2;;;;;;;;/p-2. The predicted octanol–water partition coefficient (Wildman–Crippen LogP) is -4.83. The molecule has 0 unspecified atom stereocenters. The van der Waals surface area contributed by atoms with Crippen molar-refractivity contribution in [2.45, 2.75) is 0 Å². The van der Waals surface area contributed by atoms with Crippen LogP contribution in [0.4, 0.5) is 0 Å². The van der Waals surface area contributed by atoms with Gasteiger partial charge in [-0.2, -0.15) is 0 Å². The van der Waals surface area contributed by atoms with Crippen molar-refractivity contribution in [1.82, 2.24) is 0 Å². The molecular weight excluding hydrogens is 212 g/mol. The normalized spacial score (nSPS) is 1.85. The molecule has 0 aromatic rings. The molecule has 0 atom stereocenters. The summed E-state index contributed by atoms with van der Waals surface area (Å²) in [6.45, 7) is 0. The van der Waals surface area contributed by atoms with Gasteiger partial charge in [0.2, 0.25) is 0 Å². The van der Waals surface area contributed by atoms with Crippen molar-refractivity contribution in [1.29, 1.82) is 0 Å². The fraction of sp³-hybridized carbons (Fsp3) is 0. The van der Waals surface area contributed by atoms with E-state index in [9.17, 15) is 0 Å². The molecule has 0 aliphatic heterocycles. The van der Waals surface area contributed by atoms with E-state index >= 15 is 0 Å². The van der Waals surface area contributed by atoms with E-state index in [1.54, 1.807) is 0 Å². The molecular formula is H12MgN2O10. The van der Waals surface area contributed by atoms with Crippen molar-refractivity contribution in [3.05, 3.63) is 20.2 Å². The molecule has 0 heterocycles. The first-order valence-corrected chi connectivity index (χ1v) is 0.730. The smallest absolute Gasteiger partial charge is 0.444 e. The first kappa shape index (κ1) is 143. The Morgan fingerprint density at radius 2 is 0.615 bits per heavy atom. The third-order valence-electron chi connectivity index (χ3n) is 0. The van der Waals surface area contributed by atoms with E-state index in [1.165, 1.54) is 0 Å². The van der Waals surface area contributed by atoms with Crippen molar-refractivity contribution in [3.63, 3.8) is 0 Å².